The fourth-order valence-electron chi connectivity index (χ4n) is 1.88. The largest absolute Gasteiger partial charge is 0.507 e. The lowest BCUT2D eigenvalue weighted by molar-refractivity contribution is 0.102. The average molecular weight is 288 g/mol. The van der Waals surface area contributed by atoms with E-state index in [-0.39, 0.29) is 16.9 Å². The Morgan fingerprint density at radius 2 is 2.10 bits per heavy atom. The predicted octanol–water partition coefficient (Wildman–Crippen LogP) is 1.83. The molecule has 2 N–H and O–H groups in total. The number of phenols is 1. The molecule has 0 fully saturated rings. The number of rotatable bonds is 4. The zero-order valence-electron chi connectivity index (χ0n) is 11.8. The minimum absolute atomic E-state index is 0.130. The molecular weight excluding hydrogens is 272 g/mol. The predicted molar refractivity (Wildman–Crippen MR) is 79.0 cm³/mol. The Kier molecular flexibility index (Phi) is 4.27. The van der Waals surface area contributed by atoms with Gasteiger partial charge in [0.25, 0.3) is 11.5 Å². The zero-order valence-corrected chi connectivity index (χ0v) is 11.8. The van der Waals surface area contributed by atoms with E-state index in [9.17, 15) is 14.7 Å². The Hall–Kier alpha value is -2.76. The molecule has 0 saturated heterocycles. The van der Waals surface area contributed by atoms with Gasteiger partial charge in [-0.25, -0.2) is 0 Å². The van der Waals surface area contributed by atoms with Gasteiger partial charge in [-0.1, -0.05) is 0 Å². The summed E-state index contributed by atoms with van der Waals surface area (Å²) in [5, 5.41) is 12.5. The van der Waals surface area contributed by atoms with Crippen LogP contribution in [0.2, 0.25) is 0 Å². The van der Waals surface area contributed by atoms with Gasteiger partial charge >= 0.3 is 0 Å². The second-order valence-corrected chi connectivity index (χ2v) is 4.38. The molecule has 1 aromatic heterocycles. The Bertz CT molecular complexity index is 722. The monoisotopic (exact) mass is 288 g/mol. The summed E-state index contributed by atoms with van der Waals surface area (Å²) in [4.78, 5) is 23.6. The van der Waals surface area contributed by atoms with Crippen molar-refractivity contribution in [2.75, 3.05) is 12.4 Å². The van der Waals surface area contributed by atoms with Gasteiger partial charge in [-0.15, -0.1) is 0 Å². The van der Waals surface area contributed by atoms with Crippen LogP contribution in [0, 0.1) is 0 Å². The van der Waals surface area contributed by atoms with Crippen molar-refractivity contribution in [3.63, 3.8) is 0 Å². The van der Waals surface area contributed by atoms with Gasteiger partial charge < -0.3 is 19.7 Å². The molecular formula is C15H16N2O4. The first-order valence-corrected chi connectivity index (χ1v) is 6.44. The van der Waals surface area contributed by atoms with Crippen LogP contribution in [-0.2, 0) is 6.54 Å². The van der Waals surface area contributed by atoms with Crippen molar-refractivity contribution in [1.82, 2.24) is 4.57 Å². The summed E-state index contributed by atoms with van der Waals surface area (Å²) in [6.07, 6.45) is 1.56. The molecule has 2 rings (SSSR count). The van der Waals surface area contributed by atoms with E-state index in [0.717, 1.165) is 0 Å². The number of phenolic OH excluding ortho intramolecular Hbond substituents is 1. The molecule has 2 aromatic rings. The number of benzene rings is 1. The van der Waals surface area contributed by atoms with Crippen molar-refractivity contribution in [3.05, 3.63) is 52.4 Å². The SMILES string of the molecule is CCn1cc(NC(=O)c2ccc(OC)cc2O)ccc1=O. The molecule has 0 aliphatic carbocycles. The first-order valence-electron chi connectivity index (χ1n) is 6.44. The van der Waals surface area contributed by atoms with E-state index in [4.69, 9.17) is 4.74 Å². The van der Waals surface area contributed by atoms with Crippen LogP contribution in [0.3, 0.4) is 0 Å². The van der Waals surface area contributed by atoms with Gasteiger partial charge in [-0.2, -0.15) is 0 Å². The lowest BCUT2D eigenvalue weighted by Crippen LogP contribution is -2.19. The molecule has 0 radical (unpaired) electrons. The molecule has 1 aromatic carbocycles. The summed E-state index contributed by atoms with van der Waals surface area (Å²) in [6.45, 7) is 2.35. The van der Waals surface area contributed by atoms with E-state index < -0.39 is 5.91 Å². The van der Waals surface area contributed by atoms with Crippen LogP contribution < -0.4 is 15.6 Å². The van der Waals surface area contributed by atoms with E-state index in [0.29, 0.717) is 18.0 Å². The van der Waals surface area contributed by atoms with Gasteiger partial charge in [-0.05, 0) is 25.1 Å². The number of carbonyl (C=O) groups excluding carboxylic acids is 1. The first-order chi connectivity index (χ1) is 10.0. The molecule has 0 aliphatic rings. The number of aromatic hydroxyl groups is 1. The quantitative estimate of drug-likeness (QED) is 0.899. The van der Waals surface area contributed by atoms with Crippen LogP contribution in [-0.4, -0.2) is 22.7 Å². The van der Waals surface area contributed by atoms with Crippen LogP contribution >= 0.6 is 0 Å². The van der Waals surface area contributed by atoms with E-state index in [2.05, 4.69) is 5.32 Å². The molecule has 1 heterocycles. The number of nitrogens with one attached hydrogen (secondary N) is 1. The summed E-state index contributed by atoms with van der Waals surface area (Å²) < 4.78 is 6.44. The highest BCUT2D eigenvalue weighted by Gasteiger charge is 2.12. The van der Waals surface area contributed by atoms with Gasteiger partial charge in [0.2, 0.25) is 0 Å². The second kappa shape index (κ2) is 6.13. The molecule has 6 nitrogen and oxygen atoms in total. The highest BCUT2D eigenvalue weighted by molar-refractivity contribution is 6.06. The molecule has 6 heteroatoms. The Morgan fingerprint density at radius 3 is 2.71 bits per heavy atom. The third-order valence-corrected chi connectivity index (χ3v) is 3.03. The number of aryl methyl sites for hydroxylation is 1. The van der Waals surface area contributed by atoms with Gasteiger partial charge in [-0.3, -0.25) is 9.59 Å². The lowest BCUT2D eigenvalue weighted by Gasteiger charge is -2.09. The van der Waals surface area contributed by atoms with Crippen LogP contribution in [0.4, 0.5) is 5.69 Å². The number of hydrogen-bond donors (Lipinski definition) is 2. The summed E-state index contributed by atoms with van der Waals surface area (Å²) in [5.74, 6) is -0.171. The topological polar surface area (TPSA) is 80.6 Å². The van der Waals surface area contributed by atoms with Gasteiger partial charge in [0.05, 0.1) is 18.4 Å². The number of carbonyl (C=O) groups is 1. The Morgan fingerprint density at radius 1 is 1.33 bits per heavy atom. The number of nitrogens with zero attached hydrogens (tertiary/aromatic N) is 1. The standard InChI is InChI=1S/C15H16N2O4/c1-3-17-9-10(4-7-14(17)19)16-15(20)12-6-5-11(21-2)8-13(12)18/h4-9,18H,3H2,1-2H3,(H,16,20). The van der Waals surface area contributed by atoms with Crippen molar-refractivity contribution < 1.29 is 14.6 Å². The maximum Gasteiger partial charge on any atom is 0.259 e. The molecule has 110 valence electrons. The molecule has 0 atom stereocenters. The number of ether oxygens (including phenoxy) is 1. The third kappa shape index (κ3) is 3.22. The van der Waals surface area contributed by atoms with Gasteiger partial charge in [0.15, 0.2) is 0 Å². The number of amides is 1. The fourth-order valence-corrected chi connectivity index (χ4v) is 1.88. The molecule has 0 saturated carbocycles. The number of hydrogen-bond acceptors (Lipinski definition) is 4. The van der Waals surface area contributed by atoms with Crippen molar-refractivity contribution in [1.29, 1.82) is 0 Å². The first kappa shape index (κ1) is 14.6. The number of anilines is 1. The van der Waals surface area contributed by atoms with E-state index in [1.165, 1.54) is 35.9 Å². The van der Waals surface area contributed by atoms with Crippen molar-refractivity contribution >= 4 is 11.6 Å². The lowest BCUT2D eigenvalue weighted by atomic mass is 10.1. The van der Waals surface area contributed by atoms with E-state index >= 15 is 0 Å². The minimum Gasteiger partial charge on any atom is -0.507 e. The molecule has 0 aliphatic heterocycles. The Labute approximate surface area is 121 Å². The normalized spacial score (nSPS) is 10.2. The maximum atomic E-state index is 12.1. The molecule has 0 unspecified atom stereocenters. The van der Waals surface area contributed by atoms with Crippen LogP contribution in [0.1, 0.15) is 17.3 Å². The van der Waals surface area contributed by atoms with Gasteiger partial charge in [0, 0.05) is 24.9 Å². The minimum atomic E-state index is -0.462. The smallest absolute Gasteiger partial charge is 0.259 e. The van der Waals surface area contributed by atoms with Crippen LogP contribution in [0.15, 0.2) is 41.3 Å². The maximum absolute atomic E-state index is 12.1. The zero-order chi connectivity index (χ0) is 15.4. The highest BCUT2D eigenvalue weighted by Crippen LogP contribution is 2.24. The van der Waals surface area contributed by atoms with Crippen molar-refractivity contribution in [2.24, 2.45) is 0 Å². The molecule has 0 spiro atoms. The third-order valence-electron chi connectivity index (χ3n) is 3.03. The molecule has 1 amide bonds. The van der Waals surface area contributed by atoms with Crippen molar-refractivity contribution in [3.8, 4) is 11.5 Å². The number of methoxy groups -OCH3 is 1. The summed E-state index contributed by atoms with van der Waals surface area (Å²) in [6, 6.07) is 7.32. The molecule has 0 bridgehead atoms. The second-order valence-electron chi connectivity index (χ2n) is 4.38. The summed E-state index contributed by atoms with van der Waals surface area (Å²) >= 11 is 0. The summed E-state index contributed by atoms with van der Waals surface area (Å²) in [5.41, 5.74) is 0.476. The van der Waals surface area contributed by atoms with Gasteiger partial charge in [0.1, 0.15) is 11.5 Å². The fraction of sp³-hybridized carbons (Fsp3) is 0.200. The number of pyridine rings is 1. The number of aromatic nitrogens is 1. The van der Waals surface area contributed by atoms with Crippen molar-refractivity contribution in [2.45, 2.75) is 13.5 Å². The van der Waals surface area contributed by atoms with E-state index in [1.54, 1.807) is 12.3 Å². The highest BCUT2D eigenvalue weighted by atomic mass is 16.5. The van der Waals surface area contributed by atoms with E-state index in [1.807, 2.05) is 6.92 Å². The summed E-state index contributed by atoms with van der Waals surface area (Å²) in [7, 11) is 1.47. The molecule has 21 heavy (non-hydrogen) atoms. The average Bonchev–Trinajstić information content (AvgIpc) is 2.48. The van der Waals surface area contributed by atoms with Crippen LogP contribution in [0.5, 0.6) is 11.5 Å². The Balaban J connectivity index is 2.24. The van der Waals surface area contributed by atoms with Crippen LogP contribution in [0.25, 0.3) is 0 Å².